The number of hydrogen-bond donors (Lipinski definition) is 1. The van der Waals surface area contributed by atoms with Crippen LogP contribution in [0.5, 0.6) is 0 Å². The van der Waals surface area contributed by atoms with Crippen LogP contribution >= 0.6 is 0 Å². The smallest absolute Gasteiger partial charge is 0.332 e. The van der Waals surface area contributed by atoms with Gasteiger partial charge in [-0.3, -0.25) is 13.9 Å². The minimum absolute atomic E-state index is 0.239. The molecule has 0 aromatic carbocycles. The number of rotatable bonds is 14. The van der Waals surface area contributed by atoms with E-state index in [1.807, 2.05) is 0 Å². The van der Waals surface area contributed by atoms with Crippen molar-refractivity contribution in [2.75, 3.05) is 6.61 Å². The van der Waals surface area contributed by atoms with Crippen LogP contribution in [0.2, 0.25) is 0 Å². The zero-order valence-corrected chi connectivity index (χ0v) is 17.5. The Hall–Kier alpha value is -1.89. The molecule has 0 fully saturated rings. The van der Waals surface area contributed by atoms with Crippen LogP contribution in [0.1, 0.15) is 77.0 Å². The van der Waals surface area contributed by atoms with Gasteiger partial charge in [0.05, 0.1) is 6.33 Å². The summed E-state index contributed by atoms with van der Waals surface area (Å²) in [5.41, 5.74) is 0.410. The molecule has 1 N–H and O–H groups in total. The Balaban J connectivity index is 1.64. The average Bonchev–Trinajstić information content (AvgIpc) is 3.08. The molecule has 0 spiro atoms. The molecule has 0 saturated heterocycles. The molecule has 0 aliphatic carbocycles. The van der Waals surface area contributed by atoms with E-state index in [4.69, 9.17) is 5.11 Å². The standard InChI is InChI=1S/C21H36N4O3/c1-23-17-22-19-18(23)20(27)25(21(28)24(19)2)15-13-11-9-7-5-3-4-6-8-10-12-14-16-26/h17,26H,3-16H2,1-2H3. The number of nitrogens with zero attached hydrogens (tertiary/aromatic N) is 4. The van der Waals surface area contributed by atoms with Crippen molar-refractivity contribution in [3.8, 4) is 0 Å². The first kappa shape index (κ1) is 22.4. The molecular weight excluding hydrogens is 356 g/mol. The maximum absolute atomic E-state index is 12.6. The lowest BCUT2D eigenvalue weighted by Crippen LogP contribution is -2.39. The Labute approximate surface area is 167 Å². The minimum Gasteiger partial charge on any atom is -0.396 e. The van der Waals surface area contributed by atoms with E-state index in [1.165, 1.54) is 54.1 Å². The fraction of sp³-hybridized carbons (Fsp3) is 0.762. The van der Waals surface area contributed by atoms with Gasteiger partial charge in [-0.05, 0) is 12.8 Å². The summed E-state index contributed by atoms with van der Waals surface area (Å²) in [6, 6.07) is 0. The molecule has 0 atom stereocenters. The van der Waals surface area contributed by atoms with E-state index in [0.29, 0.717) is 24.3 Å². The van der Waals surface area contributed by atoms with Crippen molar-refractivity contribution in [3.63, 3.8) is 0 Å². The summed E-state index contributed by atoms with van der Waals surface area (Å²) in [6.07, 6.45) is 15.6. The Kier molecular flexibility index (Phi) is 9.47. The van der Waals surface area contributed by atoms with Gasteiger partial charge in [0.1, 0.15) is 0 Å². The normalized spacial score (nSPS) is 11.5. The fourth-order valence-corrected chi connectivity index (χ4v) is 3.74. The van der Waals surface area contributed by atoms with Crippen molar-refractivity contribution in [2.45, 2.75) is 83.6 Å². The molecule has 28 heavy (non-hydrogen) atoms. The van der Waals surface area contributed by atoms with Crippen molar-refractivity contribution >= 4 is 11.2 Å². The van der Waals surface area contributed by atoms with E-state index >= 15 is 0 Å². The number of aliphatic hydroxyl groups excluding tert-OH is 1. The van der Waals surface area contributed by atoms with Gasteiger partial charge in [0.2, 0.25) is 0 Å². The van der Waals surface area contributed by atoms with Crippen LogP contribution in [0, 0.1) is 0 Å². The summed E-state index contributed by atoms with van der Waals surface area (Å²) in [4.78, 5) is 29.2. The molecular formula is C21H36N4O3. The summed E-state index contributed by atoms with van der Waals surface area (Å²) in [7, 11) is 3.45. The molecule has 0 aliphatic heterocycles. The average molecular weight is 393 g/mol. The third-order valence-electron chi connectivity index (χ3n) is 5.49. The molecule has 0 radical (unpaired) electrons. The van der Waals surface area contributed by atoms with E-state index in [2.05, 4.69) is 4.98 Å². The van der Waals surface area contributed by atoms with Crippen molar-refractivity contribution in [3.05, 3.63) is 27.2 Å². The SMILES string of the molecule is Cn1cnc2c1c(=O)n(CCCCCCCCCCCCCCO)c(=O)n2C. The van der Waals surface area contributed by atoms with Gasteiger partial charge in [-0.15, -0.1) is 0 Å². The van der Waals surface area contributed by atoms with Crippen molar-refractivity contribution in [2.24, 2.45) is 14.1 Å². The number of aryl methyl sites for hydroxylation is 2. The summed E-state index contributed by atoms with van der Waals surface area (Å²) >= 11 is 0. The van der Waals surface area contributed by atoms with Gasteiger partial charge in [0.25, 0.3) is 5.56 Å². The van der Waals surface area contributed by atoms with Crippen molar-refractivity contribution < 1.29 is 5.11 Å². The highest BCUT2D eigenvalue weighted by molar-refractivity contribution is 5.69. The number of aliphatic hydroxyl groups is 1. The highest BCUT2D eigenvalue weighted by atomic mass is 16.3. The molecule has 0 saturated carbocycles. The van der Waals surface area contributed by atoms with Gasteiger partial charge in [-0.2, -0.15) is 0 Å². The van der Waals surface area contributed by atoms with Crippen LogP contribution < -0.4 is 11.2 Å². The quantitative estimate of drug-likeness (QED) is 0.501. The summed E-state index contributed by atoms with van der Waals surface area (Å²) in [5, 5.41) is 8.74. The predicted octanol–water partition coefficient (Wildman–Crippen LogP) is 3.11. The highest BCUT2D eigenvalue weighted by Gasteiger charge is 2.14. The van der Waals surface area contributed by atoms with Gasteiger partial charge in [0.15, 0.2) is 11.2 Å². The van der Waals surface area contributed by atoms with Gasteiger partial charge in [-0.1, -0.05) is 64.2 Å². The maximum Gasteiger partial charge on any atom is 0.332 e. The molecule has 0 amide bonds. The monoisotopic (exact) mass is 392 g/mol. The van der Waals surface area contributed by atoms with Gasteiger partial charge >= 0.3 is 5.69 Å². The van der Waals surface area contributed by atoms with E-state index in [1.54, 1.807) is 25.0 Å². The van der Waals surface area contributed by atoms with Crippen molar-refractivity contribution in [1.82, 2.24) is 18.7 Å². The van der Waals surface area contributed by atoms with E-state index < -0.39 is 0 Å². The number of imidazole rings is 1. The largest absolute Gasteiger partial charge is 0.396 e. The summed E-state index contributed by atoms with van der Waals surface area (Å²) in [5.74, 6) is 0. The molecule has 7 heteroatoms. The summed E-state index contributed by atoms with van der Waals surface area (Å²) in [6.45, 7) is 0.793. The van der Waals surface area contributed by atoms with Crippen LogP contribution in [0.15, 0.2) is 15.9 Å². The van der Waals surface area contributed by atoms with Crippen molar-refractivity contribution in [1.29, 1.82) is 0 Å². The van der Waals surface area contributed by atoms with Crippen LogP contribution in [-0.4, -0.2) is 30.4 Å². The van der Waals surface area contributed by atoms with Crippen LogP contribution in [0.3, 0.4) is 0 Å². The van der Waals surface area contributed by atoms with E-state index in [-0.39, 0.29) is 11.2 Å². The molecule has 2 aromatic heterocycles. The number of fused-ring (bicyclic) bond motifs is 1. The zero-order valence-electron chi connectivity index (χ0n) is 17.5. The zero-order chi connectivity index (χ0) is 20.4. The first-order valence-corrected chi connectivity index (χ1v) is 10.8. The van der Waals surface area contributed by atoms with Gasteiger partial charge < -0.3 is 9.67 Å². The Morgan fingerprint density at radius 1 is 0.821 bits per heavy atom. The van der Waals surface area contributed by atoms with E-state index in [9.17, 15) is 9.59 Å². The molecule has 7 nitrogen and oxygen atoms in total. The molecule has 0 aliphatic rings. The number of unbranched alkanes of at least 4 members (excludes halogenated alkanes) is 11. The topological polar surface area (TPSA) is 82.1 Å². The van der Waals surface area contributed by atoms with Crippen LogP contribution in [-0.2, 0) is 20.6 Å². The number of aromatic nitrogens is 4. The van der Waals surface area contributed by atoms with Gasteiger partial charge in [0, 0.05) is 27.2 Å². The molecule has 158 valence electrons. The second-order valence-corrected chi connectivity index (χ2v) is 7.79. The van der Waals surface area contributed by atoms with Gasteiger partial charge in [-0.25, -0.2) is 9.78 Å². The lowest BCUT2D eigenvalue weighted by molar-refractivity contribution is 0.282. The Morgan fingerprint density at radius 2 is 1.32 bits per heavy atom. The second-order valence-electron chi connectivity index (χ2n) is 7.79. The molecule has 0 bridgehead atoms. The maximum atomic E-state index is 12.6. The molecule has 2 heterocycles. The lowest BCUT2D eigenvalue weighted by Gasteiger charge is -2.08. The Morgan fingerprint density at radius 3 is 1.86 bits per heavy atom. The second kappa shape index (κ2) is 11.8. The number of hydrogen-bond acceptors (Lipinski definition) is 4. The molecule has 2 rings (SSSR count). The highest BCUT2D eigenvalue weighted by Crippen LogP contribution is 2.12. The first-order valence-electron chi connectivity index (χ1n) is 10.8. The van der Waals surface area contributed by atoms with Crippen LogP contribution in [0.4, 0.5) is 0 Å². The predicted molar refractivity (Wildman–Crippen MR) is 113 cm³/mol. The minimum atomic E-state index is -0.282. The molecule has 2 aromatic rings. The van der Waals surface area contributed by atoms with Crippen LogP contribution in [0.25, 0.3) is 11.2 Å². The fourth-order valence-electron chi connectivity index (χ4n) is 3.74. The first-order chi connectivity index (χ1) is 13.6. The summed E-state index contributed by atoms with van der Waals surface area (Å²) < 4.78 is 4.49. The Bertz CT molecular complexity index is 835. The van der Waals surface area contributed by atoms with E-state index in [0.717, 1.165) is 32.1 Å². The molecule has 0 unspecified atom stereocenters. The third kappa shape index (κ3) is 6.06. The lowest BCUT2D eigenvalue weighted by atomic mass is 10.1. The third-order valence-corrected chi connectivity index (χ3v) is 5.49.